The smallest absolute Gasteiger partial charge is 0.245 e. The number of halogens is 1. The van der Waals surface area contributed by atoms with Gasteiger partial charge in [0, 0.05) is 39.8 Å². The van der Waals surface area contributed by atoms with Crippen LogP contribution < -0.4 is 4.90 Å². The van der Waals surface area contributed by atoms with Gasteiger partial charge < -0.3 is 15.1 Å². The van der Waals surface area contributed by atoms with Crippen molar-refractivity contribution >= 4 is 28.2 Å². The predicted molar refractivity (Wildman–Crippen MR) is 144 cm³/mol. The maximum atomic E-state index is 13.4. The van der Waals surface area contributed by atoms with E-state index in [1.54, 1.807) is 66.7 Å². The van der Waals surface area contributed by atoms with Gasteiger partial charge in [0.05, 0.1) is 6.04 Å². The van der Waals surface area contributed by atoms with Crippen molar-refractivity contribution in [3.63, 3.8) is 0 Å². The topological polar surface area (TPSA) is 94.9 Å². The number of carbonyl (C=O) groups excluding carboxylic acids is 2. The number of hydrogen-bond acceptors (Lipinski definition) is 5. The molecule has 5 rings (SSSR count). The fourth-order valence-electron chi connectivity index (χ4n) is 4.66. The molecule has 0 aromatic heterocycles. The monoisotopic (exact) mass is 529 g/mol. The summed E-state index contributed by atoms with van der Waals surface area (Å²) in [6, 6.07) is 25.0. The number of amides is 1. The molecule has 3 atom stereocenters. The van der Waals surface area contributed by atoms with E-state index in [9.17, 15) is 28.4 Å². The van der Waals surface area contributed by atoms with Crippen LogP contribution in [-0.4, -0.2) is 37.1 Å². The lowest BCUT2D eigenvalue weighted by Gasteiger charge is -2.46. The standard InChI is InChI=1S/C30H24FNO5S/c31-22-12-9-19(10-13-22)26(34)15-16-38(37)29-28(32(30(29)36)23-6-2-1-3-7-23)25-14-11-21(18-27(25)35)20-5-4-8-24(33)17-20/h1-14,17-18,28-29,33,35H,15-16H2. The average molecular weight is 530 g/mol. The first-order valence-corrected chi connectivity index (χ1v) is 13.4. The second kappa shape index (κ2) is 10.6. The van der Waals surface area contributed by atoms with Crippen molar-refractivity contribution in [3.05, 3.63) is 114 Å². The summed E-state index contributed by atoms with van der Waals surface area (Å²) < 4.78 is 26.6. The van der Waals surface area contributed by atoms with Gasteiger partial charge in [-0.1, -0.05) is 42.5 Å². The molecule has 0 aliphatic carbocycles. The number of carbonyl (C=O) groups is 2. The number of β-lactam (4-membered cyclic amide) rings is 1. The molecule has 38 heavy (non-hydrogen) atoms. The molecule has 0 bridgehead atoms. The van der Waals surface area contributed by atoms with Gasteiger partial charge in [-0.15, -0.1) is 0 Å². The van der Waals surface area contributed by atoms with E-state index in [1.807, 2.05) is 6.07 Å². The molecule has 4 aromatic rings. The third kappa shape index (κ3) is 4.95. The Bertz CT molecular complexity index is 1520. The number of phenolic OH excluding ortho intramolecular Hbond substituents is 2. The second-order valence-electron chi connectivity index (χ2n) is 9.00. The van der Waals surface area contributed by atoms with Gasteiger partial charge >= 0.3 is 0 Å². The quantitative estimate of drug-likeness (QED) is 0.236. The third-order valence-electron chi connectivity index (χ3n) is 6.59. The Morgan fingerprint density at radius 1 is 0.868 bits per heavy atom. The van der Waals surface area contributed by atoms with Crippen LogP contribution in [0.25, 0.3) is 11.1 Å². The molecule has 1 heterocycles. The van der Waals surface area contributed by atoms with Gasteiger partial charge in [-0.25, -0.2) is 4.39 Å². The number of aromatic hydroxyl groups is 2. The molecule has 4 aromatic carbocycles. The summed E-state index contributed by atoms with van der Waals surface area (Å²) in [5, 5.41) is 19.9. The second-order valence-corrected chi connectivity index (χ2v) is 10.7. The number of hydrogen-bond donors (Lipinski definition) is 2. The molecule has 0 radical (unpaired) electrons. The maximum absolute atomic E-state index is 13.4. The first kappa shape index (κ1) is 25.4. The van der Waals surface area contributed by atoms with Gasteiger partial charge in [0.25, 0.3) is 0 Å². The van der Waals surface area contributed by atoms with E-state index in [2.05, 4.69) is 0 Å². The van der Waals surface area contributed by atoms with Gasteiger partial charge in [-0.3, -0.25) is 13.8 Å². The molecule has 8 heteroatoms. The largest absolute Gasteiger partial charge is 0.508 e. The van der Waals surface area contributed by atoms with Crippen LogP contribution >= 0.6 is 0 Å². The summed E-state index contributed by atoms with van der Waals surface area (Å²) >= 11 is 0. The Hall–Kier alpha value is -4.30. The van der Waals surface area contributed by atoms with E-state index in [4.69, 9.17) is 0 Å². The number of phenols is 2. The first-order valence-electron chi connectivity index (χ1n) is 12.0. The summed E-state index contributed by atoms with van der Waals surface area (Å²) in [7, 11) is -1.71. The molecule has 1 amide bonds. The van der Waals surface area contributed by atoms with Crippen LogP contribution in [-0.2, 0) is 15.6 Å². The van der Waals surface area contributed by atoms with Crippen molar-refractivity contribution < 1.29 is 28.4 Å². The molecule has 0 saturated carbocycles. The summed E-state index contributed by atoms with van der Waals surface area (Å²) in [6.07, 6.45) is -0.0670. The van der Waals surface area contributed by atoms with Gasteiger partial charge in [0.1, 0.15) is 22.6 Å². The number of anilines is 1. The van der Waals surface area contributed by atoms with Gasteiger partial charge in [0.2, 0.25) is 5.91 Å². The van der Waals surface area contributed by atoms with Crippen LogP contribution in [0.5, 0.6) is 11.5 Å². The first-order chi connectivity index (χ1) is 18.3. The molecule has 0 spiro atoms. The van der Waals surface area contributed by atoms with Crippen molar-refractivity contribution in [2.75, 3.05) is 10.7 Å². The highest BCUT2D eigenvalue weighted by atomic mass is 32.2. The molecule has 2 N–H and O–H groups in total. The summed E-state index contributed by atoms with van der Waals surface area (Å²) in [6.45, 7) is 0. The van der Waals surface area contributed by atoms with Crippen LogP contribution in [0.3, 0.4) is 0 Å². The SMILES string of the molecule is O=C(CCS(=O)C1C(=O)N(c2ccccc2)C1c1ccc(-c2cccc(O)c2)cc1O)c1ccc(F)cc1. The molecule has 1 aliphatic rings. The molecule has 192 valence electrons. The van der Waals surface area contributed by atoms with E-state index in [0.717, 1.165) is 0 Å². The van der Waals surface area contributed by atoms with E-state index in [1.165, 1.54) is 29.2 Å². The average Bonchev–Trinajstić information content (AvgIpc) is 2.91. The van der Waals surface area contributed by atoms with Crippen LogP contribution in [0.1, 0.15) is 28.4 Å². The number of rotatable bonds is 8. The Morgan fingerprint density at radius 3 is 2.26 bits per heavy atom. The minimum atomic E-state index is -1.71. The zero-order valence-corrected chi connectivity index (χ0v) is 21.0. The Morgan fingerprint density at radius 2 is 1.58 bits per heavy atom. The van der Waals surface area contributed by atoms with E-state index >= 15 is 0 Å². The van der Waals surface area contributed by atoms with E-state index in [0.29, 0.717) is 27.9 Å². The van der Waals surface area contributed by atoms with E-state index in [-0.39, 0.29) is 35.4 Å². The Kier molecular flexibility index (Phi) is 7.07. The normalized spacial score (nSPS) is 17.6. The zero-order valence-electron chi connectivity index (χ0n) is 20.2. The highest BCUT2D eigenvalue weighted by Gasteiger charge is 2.53. The van der Waals surface area contributed by atoms with Crippen LogP contribution in [0.15, 0.2) is 97.1 Å². The number of Topliss-reactive ketones (excluding diaryl/α,β-unsaturated/α-hetero) is 1. The van der Waals surface area contributed by atoms with Gasteiger partial charge in [0.15, 0.2) is 5.78 Å². The fourth-order valence-corrected chi connectivity index (χ4v) is 6.19. The molecule has 1 saturated heterocycles. The third-order valence-corrected chi connectivity index (χ3v) is 8.22. The van der Waals surface area contributed by atoms with Gasteiger partial charge in [-0.2, -0.15) is 0 Å². The maximum Gasteiger partial charge on any atom is 0.245 e. The summed E-state index contributed by atoms with van der Waals surface area (Å²) in [5.41, 5.74) is 2.72. The molecular weight excluding hydrogens is 505 g/mol. The molecule has 3 unspecified atom stereocenters. The van der Waals surface area contributed by atoms with Crippen molar-refractivity contribution in [1.82, 2.24) is 0 Å². The number of para-hydroxylation sites is 1. The Balaban J connectivity index is 1.42. The van der Waals surface area contributed by atoms with Crippen LogP contribution in [0, 0.1) is 5.82 Å². The molecule has 1 fully saturated rings. The lowest BCUT2D eigenvalue weighted by molar-refractivity contribution is -0.123. The van der Waals surface area contributed by atoms with Crippen LogP contribution in [0.4, 0.5) is 10.1 Å². The number of nitrogens with zero attached hydrogens (tertiary/aromatic N) is 1. The summed E-state index contributed by atoms with van der Waals surface area (Å²) in [4.78, 5) is 27.3. The van der Waals surface area contributed by atoms with E-state index < -0.39 is 27.9 Å². The molecular formula is C30H24FNO5S. The lowest BCUT2D eigenvalue weighted by Crippen LogP contribution is -2.61. The van der Waals surface area contributed by atoms with Crippen molar-refractivity contribution in [3.8, 4) is 22.6 Å². The Labute approximate surface area is 221 Å². The zero-order chi connectivity index (χ0) is 26.8. The minimum absolute atomic E-state index is 0.0477. The highest BCUT2D eigenvalue weighted by Crippen LogP contribution is 2.45. The molecule has 6 nitrogen and oxygen atoms in total. The lowest BCUT2D eigenvalue weighted by atomic mass is 9.90. The van der Waals surface area contributed by atoms with Crippen molar-refractivity contribution in [2.24, 2.45) is 0 Å². The van der Waals surface area contributed by atoms with Crippen molar-refractivity contribution in [2.45, 2.75) is 17.7 Å². The predicted octanol–water partition coefficient (Wildman–Crippen LogP) is 5.38. The minimum Gasteiger partial charge on any atom is -0.508 e. The summed E-state index contributed by atoms with van der Waals surface area (Å²) in [5.74, 6) is -1.13. The number of benzene rings is 4. The van der Waals surface area contributed by atoms with Gasteiger partial charge in [-0.05, 0) is 65.7 Å². The van der Waals surface area contributed by atoms with Crippen LogP contribution in [0.2, 0.25) is 0 Å². The molecule has 1 aliphatic heterocycles. The van der Waals surface area contributed by atoms with Crippen molar-refractivity contribution in [1.29, 1.82) is 0 Å². The number of ketones is 1. The fraction of sp³-hybridized carbons (Fsp3) is 0.133. The highest BCUT2D eigenvalue weighted by molar-refractivity contribution is 7.86.